The van der Waals surface area contributed by atoms with Crippen molar-refractivity contribution in [2.45, 2.75) is 5.16 Å². The predicted molar refractivity (Wildman–Crippen MR) is 94.0 cm³/mol. The van der Waals surface area contributed by atoms with E-state index in [9.17, 15) is 13.0 Å². The van der Waals surface area contributed by atoms with Crippen LogP contribution in [0, 0.1) is 0 Å². The number of rotatable bonds is 4. The fourth-order valence-corrected chi connectivity index (χ4v) is 3.18. The molecule has 1 atom stereocenters. The zero-order valence-corrected chi connectivity index (χ0v) is 15.0. The molecule has 3 rings (SSSR count). The quantitative estimate of drug-likeness (QED) is 0.655. The zero-order valence-electron chi connectivity index (χ0n) is 13.4. The van der Waals surface area contributed by atoms with Crippen LogP contribution in [0.3, 0.4) is 0 Å². The number of fused-ring (bicyclic) bond motifs is 1. The van der Waals surface area contributed by atoms with Gasteiger partial charge in [-0.15, -0.1) is 0 Å². The van der Waals surface area contributed by atoms with E-state index in [2.05, 4.69) is 10.1 Å². The Bertz CT molecular complexity index is 999. The third-order valence-electron chi connectivity index (χ3n) is 3.64. The molecule has 1 unspecified atom stereocenters. The zero-order chi connectivity index (χ0) is 17.5. The van der Waals surface area contributed by atoms with Gasteiger partial charge in [0.05, 0.1) is 29.4 Å². The molecule has 9 heteroatoms. The molecule has 0 aliphatic carbocycles. The van der Waals surface area contributed by atoms with Crippen LogP contribution in [0.25, 0.3) is 16.8 Å². The molecule has 0 amide bonds. The first-order valence-electron chi connectivity index (χ1n) is 7.00. The molecule has 2 aromatic heterocycles. The van der Waals surface area contributed by atoms with Gasteiger partial charge in [-0.25, -0.2) is 12.9 Å². The minimum absolute atomic E-state index is 0.240. The van der Waals surface area contributed by atoms with Crippen molar-refractivity contribution < 1.29 is 13.0 Å². The second-order valence-electron chi connectivity index (χ2n) is 5.33. The molecule has 24 heavy (non-hydrogen) atoms. The van der Waals surface area contributed by atoms with Crippen LogP contribution in [0.2, 0.25) is 0 Å². The van der Waals surface area contributed by atoms with Crippen molar-refractivity contribution in [3.63, 3.8) is 0 Å². The van der Waals surface area contributed by atoms with E-state index >= 15 is 0 Å². The second-order valence-corrected chi connectivity index (χ2v) is 8.62. The minimum atomic E-state index is -3.34. The summed E-state index contributed by atoms with van der Waals surface area (Å²) in [6, 6.07) is 10.9. The molecule has 0 aliphatic rings. The summed E-state index contributed by atoms with van der Waals surface area (Å²) in [5.41, 5.74) is 2.89. The molecule has 3 aromatic rings. The van der Waals surface area contributed by atoms with Crippen LogP contribution >= 0.6 is 0 Å². The Hall–Kier alpha value is -2.10. The maximum atomic E-state index is 11.7. The summed E-state index contributed by atoms with van der Waals surface area (Å²) in [6.45, 7) is 0. The first kappa shape index (κ1) is 16.7. The number of anilines is 1. The Morgan fingerprint density at radius 2 is 2.00 bits per heavy atom. The smallest absolute Gasteiger partial charge is 0.359 e. The van der Waals surface area contributed by atoms with Crippen LogP contribution in [0.1, 0.15) is 0 Å². The van der Waals surface area contributed by atoms with Crippen molar-refractivity contribution in [2.24, 2.45) is 0 Å². The van der Waals surface area contributed by atoms with Gasteiger partial charge in [0, 0.05) is 23.8 Å². The van der Waals surface area contributed by atoms with Crippen molar-refractivity contribution in [3.05, 3.63) is 42.6 Å². The Morgan fingerprint density at radius 3 is 2.67 bits per heavy atom. The van der Waals surface area contributed by atoms with Gasteiger partial charge in [0.2, 0.25) is 10.0 Å². The maximum Gasteiger partial charge on any atom is 0.359 e. The lowest BCUT2D eigenvalue weighted by Crippen LogP contribution is -2.24. The molecule has 0 saturated heterocycles. The summed E-state index contributed by atoms with van der Waals surface area (Å²) < 4.78 is 37.9. The molecule has 0 fully saturated rings. The van der Waals surface area contributed by atoms with Crippen molar-refractivity contribution in [1.29, 1.82) is 0 Å². The van der Waals surface area contributed by atoms with Crippen LogP contribution in [-0.4, -0.2) is 47.1 Å². The molecular weight excluding hydrogens is 348 g/mol. The SMILES string of the molecule is CN(c1cccc(-c2ccc3cnc([S+](C)[O-])nn23)c1)S(C)(=O)=O. The van der Waals surface area contributed by atoms with E-state index in [0.717, 1.165) is 23.0 Å². The van der Waals surface area contributed by atoms with Gasteiger partial charge in [0.25, 0.3) is 0 Å². The largest absolute Gasteiger partial charge is 0.609 e. The van der Waals surface area contributed by atoms with Crippen LogP contribution in [0.15, 0.2) is 47.8 Å². The molecule has 0 N–H and O–H groups in total. The van der Waals surface area contributed by atoms with Gasteiger partial charge < -0.3 is 4.55 Å². The van der Waals surface area contributed by atoms with E-state index in [1.54, 1.807) is 28.9 Å². The van der Waals surface area contributed by atoms with Gasteiger partial charge in [-0.05, 0) is 24.3 Å². The van der Waals surface area contributed by atoms with Crippen LogP contribution in [-0.2, 0) is 21.2 Å². The Kier molecular flexibility index (Phi) is 4.24. The molecule has 7 nitrogen and oxygen atoms in total. The highest BCUT2D eigenvalue weighted by Gasteiger charge is 2.15. The lowest BCUT2D eigenvalue weighted by Gasteiger charge is -2.17. The highest BCUT2D eigenvalue weighted by Crippen LogP contribution is 2.26. The summed E-state index contributed by atoms with van der Waals surface area (Å²) in [6.07, 6.45) is 4.29. The molecule has 0 spiro atoms. The Morgan fingerprint density at radius 1 is 1.25 bits per heavy atom. The molecule has 126 valence electrons. The average molecular weight is 364 g/mol. The monoisotopic (exact) mass is 364 g/mol. The van der Waals surface area contributed by atoms with Crippen LogP contribution < -0.4 is 4.31 Å². The lowest BCUT2D eigenvalue weighted by molar-refractivity contribution is 0.586. The van der Waals surface area contributed by atoms with Gasteiger partial charge in [0.1, 0.15) is 6.26 Å². The van der Waals surface area contributed by atoms with E-state index in [0.29, 0.717) is 5.69 Å². The Labute approximate surface area is 143 Å². The van der Waals surface area contributed by atoms with Gasteiger partial charge >= 0.3 is 5.16 Å². The molecule has 2 heterocycles. The van der Waals surface area contributed by atoms with E-state index in [1.165, 1.54) is 17.6 Å². The standard InChI is InChI=1S/C15H16N4O3S2/c1-18(24(3,21)22)12-6-4-5-11(9-12)14-8-7-13-10-16-15(23(2)20)17-19(13)14/h4-10H,1-3H3. The van der Waals surface area contributed by atoms with E-state index in [4.69, 9.17) is 0 Å². The number of hydrogen-bond acceptors (Lipinski definition) is 5. The molecule has 1 aromatic carbocycles. The van der Waals surface area contributed by atoms with Crippen LogP contribution in [0.5, 0.6) is 0 Å². The summed E-state index contributed by atoms with van der Waals surface area (Å²) >= 11 is -1.29. The third kappa shape index (κ3) is 3.10. The third-order valence-corrected chi connectivity index (χ3v) is 5.54. The topological polar surface area (TPSA) is 90.6 Å². The average Bonchev–Trinajstić information content (AvgIpc) is 2.96. The van der Waals surface area contributed by atoms with E-state index < -0.39 is 21.2 Å². The molecule has 0 bridgehead atoms. The fraction of sp³-hybridized carbons (Fsp3) is 0.200. The van der Waals surface area contributed by atoms with Crippen LogP contribution in [0.4, 0.5) is 5.69 Å². The number of hydrogen-bond donors (Lipinski definition) is 0. The Balaban J connectivity index is 2.13. The minimum Gasteiger partial charge on any atom is -0.609 e. The highest BCUT2D eigenvalue weighted by atomic mass is 32.2. The number of sulfonamides is 1. The summed E-state index contributed by atoms with van der Waals surface area (Å²) in [7, 11) is -1.84. The summed E-state index contributed by atoms with van der Waals surface area (Å²) in [4.78, 5) is 4.07. The predicted octanol–water partition coefficient (Wildman–Crippen LogP) is 1.53. The van der Waals surface area contributed by atoms with Crippen molar-refractivity contribution >= 4 is 32.4 Å². The number of nitrogens with zero attached hydrogens (tertiary/aromatic N) is 4. The first-order chi connectivity index (χ1) is 11.3. The lowest BCUT2D eigenvalue weighted by atomic mass is 10.1. The molecule has 0 saturated carbocycles. The van der Waals surface area contributed by atoms with Crippen molar-refractivity contribution in [2.75, 3.05) is 23.9 Å². The van der Waals surface area contributed by atoms with E-state index in [1.807, 2.05) is 18.2 Å². The van der Waals surface area contributed by atoms with Gasteiger partial charge in [0.15, 0.2) is 0 Å². The number of aromatic nitrogens is 3. The van der Waals surface area contributed by atoms with Gasteiger partial charge in [-0.2, -0.15) is 4.98 Å². The van der Waals surface area contributed by atoms with E-state index in [-0.39, 0.29) is 5.16 Å². The molecular formula is C15H16N4O3S2. The highest BCUT2D eigenvalue weighted by molar-refractivity contribution is 7.92. The summed E-state index contributed by atoms with van der Waals surface area (Å²) in [5, 5.41) is 4.55. The fourth-order valence-electron chi connectivity index (χ4n) is 2.29. The van der Waals surface area contributed by atoms with Crippen molar-refractivity contribution in [1.82, 2.24) is 14.6 Å². The molecule has 0 aliphatic heterocycles. The maximum absolute atomic E-state index is 11.7. The molecule has 0 radical (unpaired) electrons. The van der Waals surface area contributed by atoms with Gasteiger partial charge in [-0.3, -0.25) is 4.31 Å². The second kappa shape index (κ2) is 6.08. The normalized spacial score (nSPS) is 13.2. The number of benzene rings is 1. The van der Waals surface area contributed by atoms with Gasteiger partial charge in [-0.1, -0.05) is 17.2 Å². The van der Waals surface area contributed by atoms with Crippen molar-refractivity contribution in [3.8, 4) is 11.3 Å². The summed E-state index contributed by atoms with van der Waals surface area (Å²) in [5.74, 6) is 0. The first-order valence-corrected chi connectivity index (χ1v) is 10.4.